The van der Waals surface area contributed by atoms with Crippen molar-refractivity contribution < 1.29 is 9.18 Å². The second-order valence-electron chi connectivity index (χ2n) is 6.86. The van der Waals surface area contributed by atoms with Gasteiger partial charge < -0.3 is 4.90 Å². The van der Waals surface area contributed by atoms with Crippen LogP contribution in [0.15, 0.2) is 47.4 Å². The molecule has 0 unspecified atom stereocenters. The Labute approximate surface area is 195 Å². The molecule has 0 spiro atoms. The Bertz CT molecular complexity index is 967. The van der Waals surface area contributed by atoms with E-state index < -0.39 is 0 Å². The molecule has 0 atom stereocenters. The van der Waals surface area contributed by atoms with Crippen LogP contribution in [-0.4, -0.2) is 48.7 Å². The first-order valence-corrected chi connectivity index (χ1v) is 11.5. The molecule has 0 aliphatic rings. The van der Waals surface area contributed by atoms with Crippen molar-refractivity contribution in [2.45, 2.75) is 17.7 Å². The van der Waals surface area contributed by atoms with Crippen LogP contribution in [0.2, 0.25) is 5.02 Å². The van der Waals surface area contributed by atoms with E-state index in [2.05, 4.69) is 9.88 Å². The van der Waals surface area contributed by atoms with Gasteiger partial charge in [-0.2, -0.15) is 0 Å². The Morgan fingerprint density at radius 3 is 2.60 bits per heavy atom. The van der Waals surface area contributed by atoms with Crippen LogP contribution in [0.3, 0.4) is 0 Å². The number of fused-ring (bicyclic) bond motifs is 1. The van der Waals surface area contributed by atoms with Crippen molar-refractivity contribution in [1.82, 2.24) is 9.88 Å². The lowest BCUT2D eigenvalue weighted by atomic mass is 10.3. The molecular formula is C21H24Cl2FN3OS2. The number of hydrogen-bond donors (Lipinski definition) is 0. The smallest absolute Gasteiger partial charge is 0.228 e. The molecule has 4 nitrogen and oxygen atoms in total. The predicted molar refractivity (Wildman–Crippen MR) is 129 cm³/mol. The van der Waals surface area contributed by atoms with Crippen molar-refractivity contribution in [2.24, 2.45) is 0 Å². The van der Waals surface area contributed by atoms with Gasteiger partial charge in [0, 0.05) is 29.4 Å². The fourth-order valence-electron chi connectivity index (χ4n) is 2.71. The van der Waals surface area contributed by atoms with Gasteiger partial charge in [-0.15, -0.1) is 24.2 Å². The molecule has 1 aromatic heterocycles. The number of aromatic nitrogens is 1. The standard InChI is InChI=1S/C21H23ClFN3OS2.ClH/c1-25(2)11-12-26(21-24-18-10-5-15(22)14-19(18)29-21)20(27)4-3-13-28-17-8-6-16(23)7-9-17;/h5-10,14H,3-4,11-13H2,1-2H3;1H. The summed E-state index contributed by atoms with van der Waals surface area (Å²) in [5.74, 6) is 0.629. The van der Waals surface area contributed by atoms with Crippen molar-refractivity contribution in [2.75, 3.05) is 37.8 Å². The number of rotatable bonds is 9. The maximum Gasteiger partial charge on any atom is 0.228 e. The first-order chi connectivity index (χ1) is 13.9. The highest BCUT2D eigenvalue weighted by Gasteiger charge is 2.19. The minimum absolute atomic E-state index is 0. The molecule has 0 fully saturated rings. The second kappa shape index (κ2) is 11.9. The van der Waals surface area contributed by atoms with E-state index in [0.29, 0.717) is 23.1 Å². The highest BCUT2D eigenvalue weighted by molar-refractivity contribution is 7.99. The van der Waals surface area contributed by atoms with Gasteiger partial charge in [0.05, 0.1) is 10.2 Å². The minimum atomic E-state index is -0.238. The molecule has 2 aromatic carbocycles. The van der Waals surface area contributed by atoms with Crippen LogP contribution in [0.25, 0.3) is 10.2 Å². The maximum absolute atomic E-state index is 13.0. The summed E-state index contributed by atoms with van der Waals surface area (Å²) in [4.78, 5) is 22.4. The number of carbonyl (C=O) groups excluding carboxylic acids is 1. The number of thioether (sulfide) groups is 1. The van der Waals surface area contributed by atoms with Gasteiger partial charge in [-0.3, -0.25) is 9.69 Å². The molecule has 162 valence electrons. The molecule has 0 saturated heterocycles. The lowest BCUT2D eigenvalue weighted by Crippen LogP contribution is -2.36. The lowest BCUT2D eigenvalue weighted by molar-refractivity contribution is -0.118. The summed E-state index contributed by atoms with van der Waals surface area (Å²) in [6.07, 6.45) is 1.19. The largest absolute Gasteiger partial charge is 0.308 e. The van der Waals surface area contributed by atoms with Crippen LogP contribution in [0.1, 0.15) is 12.8 Å². The summed E-state index contributed by atoms with van der Waals surface area (Å²) >= 11 is 9.20. The van der Waals surface area contributed by atoms with Crippen molar-refractivity contribution in [1.29, 1.82) is 0 Å². The Hall–Kier alpha value is -1.38. The monoisotopic (exact) mass is 487 g/mol. The molecule has 9 heteroatoms. The van der Waals surface area contributed by atoms with Crippen LogP contribution >= 0.6 is 47.1 Å². The minimum Gasteiger partial charge on any atom is -0.308 e. The fraction of sp³-hybridized carbons (Fsp3) is 0.333. The zero-order chi connectivity index (χ0) is 20.8. The van der Waals surface area contributed by atoms with E-state index in [9.17, 15) is 9.18 Å². The number of carbonyl (C=O) groups is 1. The first kappa shape index (κ1) is 24.9. The van der Waals surface area contributed by atoms with Crippen LogP contribution in [0, 0.1) is 5.82 Å². The van der Waals surface area contributed by atoms with Crippen LogP contribution in [-0.2, 0) is 4.79 Å². The van der Waals surface area contributed by atoms with Gasteiger partial charge in [0.25, 0.3) is 0 Å². The molecule has 1 heterocycles. The Kier molecular flexibility index (Phi) is 9.84. The Morgan fingerprint density at radius 1 is 1.17 bits per heavy atom. The zero-order valence-corrected chi connectivity index (χ0v) is 20.0. The molecule has 0 radical (unpaired) electrons. The number of anilines is 1. The highest BCUT2D eigenvalue weighted by atomic mass is 35.5. The van der Waals surface area contributed by atoms with Crippen molar-refractivity contribution >= 4 is 68.4 Å². The lowest BCUT2D eigenvalue weighted by Gasteiger charge is -2.22. The van der Waals surface area contributed by atoms with Gasteiger partial charge in [-0.25, -0.2) is 9.37 Å². The third-order valence-corrected chi connectivity index (χ3v) is 6.63. The van der Waals surface area contributed by atoms with Crippen molar-refractivity contribution in [3.05, 3.63) is 53.3 Å². The van der Waals surface area contributed by atoms with Gasteiger partial charge in [-0.1, -0.05) is 22.9 Å². The second-order valence-corrected chi connectivity index (χ2v) is 9.48. The van der Waals surface area contributed by atoms with Crippen molar-refractivity contribution in [3.63, 3.8) is 0 Å². The van der Waals surface area contributed by atoms with Crippen LogP contribution in [0.5, 0.6) is 0 Å². The number of amides is 1. The molecule has 0 aliphatic heterocycles. The highest BCUT2D eigenvalue weighted by Crippen LogP contribution is 2.31. The summed E-state index contributed by atoms with van der Waals surface area (Å²) in [6, 6.07) is 12.0. The normalized spacial score (nSPS) is 11.0. The van der Waals surface area contributed by atoms with E-state index >= 15 is 0 Å². The molecule has 3 rings (SSSR count). The molecule has 3 aromatic rings. The third-order valence-electron chi connectivity index (χ3n) is 4.26. The van der Waals surface area contributed by atoms with Crippen LogP contribution < -0.4 is 4.90 Å². The number of hydrogen-bond acceptors (Lipinski definition) is 5. The van der Waals surface area contributed by atoms with E-state index in [1.165, 1.54) is 23.5 Å². The third kappa shape index (κ3) is 7.10. The first-order valence-electron chi connectivity index (χ1n) is 9.32. The number of likely N-dealkylation sites (N-methyl/N-ethyl adjacent to an activating group) is 1. The zero-order valence-electron chi connectivity index (χ0n) is 16.8. The predicted octanol–water partition coefficient (Wildman–Crippen LogP) is 5.98. The molecule has 0 aliphatic carbocycles. The van der Waals surface area contributed by atoms with E-state index in [0.717, 1.165) is 33.8 Å². The number of halogens is 3. The summed E-state index contributed by atoms with van der Waals surface area (Å²) < 4.78 is 14.0. The van der Waals surface area contributed by atoms with E-state index in [-0.39, 0.29) is 24.1 Å². The summed E-state index contributed by atoms with van der Waals surface area (Å²) in [5.41, 5.74) is 0.851. The number of benzene rings is 2. The van der Waals surface area contributed by atoms with Gasteiger partial charge in [0.15, 0.2) is 5.13 Å². The van der Waals surface area contributed by atoms with Crippen molar-refractivity contribution in [3.8, 4) is 0 Å². The summed E-state index contributed by atoms with van der Waals surface area (Å²) in [5, 5.41) is 1.37. The molecule has 0 N–H and O–H groups in total. The number of thiazole rings is 1. The molecule has 0 saturated carbocycles. The molecule has 30 heavy (non-hydrogen) atoms. The maximum atomic E-state index is 13.0. The van der Waals surface area contributed by atoms with E-state index in [1.807, 2.05) is 32.3 Å². The topological polar surface area (TPSA) is 36.4 Å². The molecular weight excluding hydrogens is 464 g/mol. The fourth-order valence-corrected chi connectivity index (χ4v) is 4.85. The van der Waals surface area contributed by atoms with Gasteiger partial charge >= 0.3 is 0 Å². The molecule has 1 amide bonds. The Morgan fingerprint density at radius 2 is 1.90 bits per heavy atom. The SMILES string of the molecule is CN(C)CCN(C(=O)CCCSc1ccc(F)cc1)c1nc2ccc(Cl)cc2s1.Cl. The molecule has 0 bridgehead atoms. The summed E-state index contributed by atoms with van der Waals surface area (Å²) in [7, 11) is 3.97. The van der Waals surface area contributed by atoms with E-state index in [1.54, 1.807) is 28.8 Å². The van der Waals surface area contributed by atoms with Gasteiger partial charge in [0.1, 0.15) is 5.82 Å². The average molecular weight is 488 g/mol. The number of nitrogens with zero attached hydrogens (tertiary/aromatic N) is 3. The van der Waals surface area contributed by atoms with Gasteiger partial charge in [0.2, 0.25) is 5.91 Å². The van der Waals surface area contributed by atoms with Gasteiger partial charge in [-0.05, 0) is 68.7 Å². The quantitative estimate of drug-likeness (QED) is 0.274. The van der Waals surface area contributed by atoms with E-state index in [4.69, 9.17) is 11.6 Å². The average Bonchev–Trinajstić information content (AvgIpc) is 3.09. The Balaban J connectivity index is 0.00000320. The van der Waals surface area contributed by atoms with Crippen LogP contribution in [0.4, 0.5) is 9.52 Å². The summed E-state index contributed by atoms with van der Waals surface area (Å²) in [6.45, 7) is 1.34.